The van der Waals surface area contributed by atoms with Crippen molar-refractivity contribution in [2.45, 2.75) is 38.8 Å². The summed E-state index contributed by atoms with van der Waals surface area (Å²) in [5.41, 5.74) is 2.03. The number of hydrogen-bond acceptors (Lipinski definition) is 6. The minimum absolute atomic E-state index is 0.101. The van der Waals surface area contributed by atoms with E-state index < -0.39 is 23.6 Å². The largest absolute Gasteiger partial charge is 0.492 e. The fourth-order valence-corrected chi connectivity index (χ4v) is 5.45. The lowest BCUT2D eigenvalue weighted by atomic mass is 10.0. The van der Waals surface area contributed by atoms with Crippen LogP contribution in [0.5, 0.6) is 5.75 Å². The number of para-hydroxylation sites is 1. The maximum Gasteiger partial charge on any atom is 0.408 e. The number of hydrogen-bond donors (Lipinski definition) is 3. The van der Waals surface area contributed by atoms with Crippen molar-refractivity contribution in [2.24, 2.45) is 0 Å². The monoisotopic (exact) mass is 645 g/mol. The molecule has 1 unspecified atom stereocenters. The van der Waals surface area contributed by atoms with Gasteiger partial charge in [0.25, 0.3) is 5.91 Å². The number of fused-ring (bicyclic) bond motifs is 1. The third-order valence-corrected chi connectivity index (χ3v) is 7.88. The number of aromatic amines is 1. The zero-order chi connectivity index (χ0) is 32.7. The molecule has 4 aromatic rings. The van der Waals surface area contributed by atoms with Gasteiger partial charge >= 0.3 is 6.09 Å². The number of halogens is 1. The number of rotatable bonds is 10. The lowest BCUT2D eigenvalue weighted by molar-refractivity contribution is -0.118. The first-order valence-electron chi connectivity index (χ1n) is 15.4. The number of aromatic nitrogens is 1. The van der Waals surface area contributed by atoms with E-state index >= 15 is 0 Å². The molecule has 1 fully saturated rings. The zero-order valence-electron chi connectivity index (χ0n) is 26.3. The highest BCUT2D eigenvalue weighted by atomic mass is 35.5. The molecule has 0 radical (unpaired) electrons. The highest BCUT2D eigenvalue weighted by molar-refractivity contribution is 6.30. The lowest BCUT2D eigenvalue weighted by Gasteiger charge is -2.34. The van der Waals surface area contributed by atoms with Gasteiger partial charge in [-0.25, -0.2) is 4.79 Å². The van der Waals surface area contributed by atoms with Crippen molar-refractivity contribution in [3.05, 3.63) is 95.1 Å². The number of benzene rings is 3. The third kappa shape index (κ3) is 9.02. The Hall–Kier alpha value is -4.54. The van der Waals surface area contributed by atoms with Crippen LogP contribution in [-0.2, 0) is 16.0 Å². The maximum absolute atomic E-state index is 13.6. The first-order chi connectivity index (χ1) is 22.0. The van der Waals surface area contributed by atoms with Gasteiger partial charge in [0.2, 0.25) is 5.91 Å². The van der Waals surface area contributed by atoms with Crippen molar-refractivity contribution < 1.29 is 23.9 Å². The topological polar surface area (TPSA) is 116 Å². The number of piperazine rings is 1. The molecule has 1 aliphatic heterocycles. The molecule has 46 heavy (non-hydrogen) atoms. The van der Waals surface area contributed by atoms with Gasteiger partial charge in [0.1, 0.15) is 24.0 Å². The summed E-state index contributed by atoms with van der Waals surface area (Å²) in [5, 5.41) is 7.26. The van der Waals surface area contributed by atoms with Crippen LogP contribution < -0.4 is 15.4 Å². The molecule has 0 bridgehead atoms. The van der Waals surface area contributed by atoms with Crippen LogP contribution in [0.3, 0.4) is 0 Å². The molecule has 1 aliphatic rings. The quantitative estimate of drug-likeness (QED) is 0.203. The normalized spacial score (nSPS) is 14.5. The van der Waals surface area contributed by atoms with Gasteiger partial charge < -0.3 is 30.0 Å². The lowest BCUT2D eigenvalue weighted by Crippen LogP contribution is -2.49. The molecule has 242 valence electrons. The van der Waals surface area contributed by atoms with Crippen LogP contribution in [0.25, 0.3) is 10.9 Å². The minimum Gasteiger partial charge on any atom is -0.492 e. The molecule has 10 nitrogen and oxygen atoms in total. The standard InChI is InChI=1S/C35H40ClN5O5/c1-35(2,3)46-34(44)39-31(22-25-23-37-30-10-5-4-9-29(25)30)32(42)38-27-8-6-7-24(21-27)33(43)41-17-15-40(16-18-41)19-20-45-28-13-11-26(36)12-14-28/h4-14,21,23,31,37H,15-20,22H2,1-3H3,(H,38,42)(H,39,44). The molecule has 3 aromatic carbocycles. The predicted molar refractivity (Wildman–Crippen MR) is 180 cm³/mol. The second-order valence-corrected chi connectivity index (χ2v) is 12.7. The predicted octanol–water partition coefficient (Wildman–Crippen LogP) is 5.73. The van der Waals surface area contributed by atoms with Crippen molar-refractivity contribution in [1.29, 1.82) is 0 Å². The van der Waals surface area contributed by atoms with Crippen molar-refractivity contribution in [3.8, 4) is 5.75 Å². The molecule has 0 spiro atoms. The van der Waals surface area contributed by atoms with E-state index in [-0.39, 0.29) is 12.3 Å². The summed E-state index contributed by atoms with van der Waals surface area (Å²) < 4.78 is 11.3. The summed E-state index contributed by atoms with van der Waals surface area (Å²) in [7, 11) is 0. The van der Waals surface area contributed by atoms with Crippen molar-refractivity contribution in [1.82, 2.24) is 20.1 Å². The molecule has 1 atom stereocenters. The Kier molecular flexibility index (Phi) is 10.5. The third-order valence-electron chi connectivity index (χ3n) is 7.63. The van der Waals surface area contributed by atoms with Crippen molar-refractivity contribution in [3.63, 3.8) is 0 Å². The fourth-order valence-electron chi connectivity index (χ4n) is 5.32. The van der Waals surface area contributed by atoms with Crippen LogP contribution >= 0.6 is 11.6 Å². The van der Waals surface area contributed by atoms with Gasteiger partial charge in [0.15, 0.2) is 0 Å². The first kappa shape index (κ1) is 32.8. The van der Waals surface area contributed by atoms with Gasteiger partial charge in [-0.15, -0.1) is 0 Å². The first-order valence-corrected chi connectivity index (χ1v) is 15.8. The van der Waals surface area contributed by atoms with Crippen LogP contribution in [0.15, 0.2) is 79.0 Å². The molecule has 11 heteroatoms. The smallest absolute Gasteiger partial charge is 0.408 e. The van der Waals surface area contributed by atoms with Gasteiger partial charge in [-0.1, -0.05) is 35.9 Å². The van der Waals surface area contributed by atoms with Crippen LogP contribution in [0.4, 0.5) is 10.5 Å². The van der Waals surface area contributed by atoms with Crippen LogP contribution in [0.1, 0.15) is 36.7 Å². The van der Waals surface area contributed by atoms with E-state index in [9.17, 15) is 14.4 Å². The summed E-state index contributed by atoms with van der Waals surface area (Å²) in [6.45, 7) is 9.23. The highest BCUT2D eigenvalue weighted by Gasteiger charge is 2.27. The van der Waals surface area contributed by atoms with E-state index in [1.54, 1.807) is 57.2 Å². The molecule has 0 aliphatic carbocycles. The molecule has 5 rings (SSSR count). The Morgan fingerprint density at radius 3 is 2.43 bits per heavy atom. The summed E-state index contributed by atoms with van der Waals surface area (Å²) in [6.07, 6.45) is 1.39. The summed E-state index contributed by atoms with van der Waals surface area (Å²) >= 11 is 5.93. The molecule has 2 heterocycles. The number of alkyl carbamates (subject to hydrolysis) is 1. The Morgan fingerprint density at radius 1 is 0.957 bits per heavy atom. The van der Waals surface area contributed by atoms with Gasteiger partial charge in [-0.05, 0) is 74.9 Å². The van der Waals surface area contributed by atoms with Crippen LogP contribution in [0.2, 0.25) is 5.02 Å². The number of carbonyl (C=O) groups excluding carboxylic acids is 3. The number of nitrogens with one attached hydrogen (secondary N) is 3. The molecule has 0 saturated carbocycles. The molecular formula is C35H40ClN5O5. The van der Waals surface area contributed by atoms with Gasteiger partial charge in [-0.2, -0.15) is 0 Å². The van der Waals surface area contributed by atoms with Crippen LogP contribution in [0, 0.1) is 0 Å². The Balaban J connectivity index is 1.18. The molecule has 1 saturated heterocycles. The molecule has 3 amide bonds. The summed E-state index contributed by atoms with van der Waals surface area (Å²) in [6, 6.07) is 21.0. The Bertz CT molecular complexity index is 1660. The summed E-state index contributed by atoms with van der Waals surface area (Å²) in [4.78, 5) is 47.0. The number of nitrogens with zero attached hydrogens (tertiary/aromatic N) is 2. The Morgan fingerprint density at radius 2 is 1.70 bits per heavy atom. The van der Waals surface area contributed by atoms with E-state index in [4.69, 9.17) is 21.1 Å². The fraction of sp³-hybridized carbons (Fsp3) is 0.343. The van der Waals surface area contributed by atoms with Gasteiger partial charge in [-0.3, -0.25) is 14.5 Å². The minimum atomic E-state index is -0.926. The Labute approximate surface area is 274 Å². The van der Waals surface area contributed by atoms with E-state index in [1.807, 2.05) is 47.5 Å². The maximum atomic E-state index is 13.6. The van der Waals surface area contributed by atoms with E-state index in [2.05, 4.69) is 20.5 Å². The average Bonchev–Trinajstić information content (AvgIpc) is 3.43. The number of ether oxygens (including phenoxy) is 2. The molecule has 3 N–H and O–H groups in total. The van der Waals surface area contributed by atoms with Crippen molar-refractivity contribution >= 4 is 46.1 Å². The van der Waals surface area contributed by atoms with Gasteiger partial charge in [0.05, 0.1) is 0 Å². The SMILES string of the molecule is CC(C)(C)OC(=O)NC(Cc1c[nH]c2ccccc12)C(=O)Nc1cccc(C(=O)N2CCN(CCOc3ccc(Cl)cc3)CC2)c1. The second-order valence-electron chi connectivity index (χ2n) is 12.3. The van der Waals surface area contributed by atoms with E-state index in [0.29, 0.717) is 36.0 Å². The van der Waals surface area contributed by atoms with Crippen LogP contribution in [-0.4, -0.2) is 83.7 Å². The van der Waals surface area contributed by atoms with E-state index in [0.717, 1.165) is 41.9 Å². The highest BCUT2D eigenvalue weighted by Crippen LogP contribution is 2.21. The average molecular weight is 646 g/mol. The molecular weight excluding hydrogens is 606 g/mol. The van der Waals surface area contributed by atoms with Gasteiger partial charge in [0, 0.05) is 72.5 Å². The summed E-state index contributed by atoms with van der Waals surface area (Å²) in [5.74, 6) is 0.251. The number of H-pyrrole nitrogens is 1. The zero-order valence-corrected chi connectivity index (χ0v) is 27.1. The second kappa shape index (κ2) is 14.7. The number of anilines is 1. The van der Waals surface area contributed by atoms with Crippen molar-refractivity contribution in [2.75, 3.05) is 44.6 Å². The van der Waals surface area contributed by atoms with E-state index in [1.165, 1.54) is 0 Å². The number of carbonyl (C=O) groups is 3. The number of amides is 3. The molecule has 1 aromatic heterocycles.